The number of rotatable bonds is 6. The van der Waals surface area contributed by atoms with Crippen LogP contribution in [0.25, 0.3) is 0 Å². The number of carbonyl (C=O) groups is 2. The summed E-state index contributed by atoms with van der Waals surface area (Å²) in [6, 6.07) is 11.6. The molecule has 0 aliphatic carbocycles. The normalized spacial score (nSPS) is 14.6. The highest BCUT2D eigenvalue weighted by molar-refractivity contribution is 5.93. The fourth-order valence-corrected chi connectivity index (χ4v) is 3.23. The van der Waals surface area contributed by atoms with Gasteiger partial charge in [0.2, 0.25) is 5.88 Å². The van der Waals surface area contributed by atoms with Crippen LogP contribution >= 0.6 is 0 Å². The molecule has 2 aromatic rings. The number of esters is 1. The number of pyridine rings is 1. The summed E-state index contributed by atoms with van der Waals surface area (Å²) in [5.41, 5.74) is 2.73. The molecule has 1 aromatic heterocycles. The predicted molar refractivity (Wildman–Crippen MR) is 104 cm³/mol. The summed E-state index contributed by atoms with van der Waals surface area (Å²) in [5.74, 6) is -0.618. The minimum atomic E-state index is -0.614. The molecule has 0 N–H and O–H groups in total. The number of hydrogen-bond donors (Lipinski definition) is 0. The number of aryl methyl sites for hydroxylation is 1. The zero-order valence-electron chi connectivity index (χ0n) is 16.3. The smallest absolute Gasteiger partial charge is 0.344 e. The monoisotopic (exact) mass is 383 g/mol. The molecule has 1 aromatic carbocycles. The lowest BCUT2D eigenvalue weighted by atomic mass is 10.1. The Balaban J connectivity index is 1.45. The standard InChI is InChI=1S/C21H25N3O4/c1-16-5-3-6-17(13-16)14-23-9-11-24(12-10-23)19(25)15-28-21(26)18-7-4-8-22-20(18)27-2/h3-8,13H,9-12,14-15H2,1-2H3. The van der Waals surface area contributed by atoms with Gasteiger partial charge in [-0.1, -0.05) is 29.8 Å². The summed E-state index contributed by atoms with van der Waals surface area (Å²) in [7, 11) is 1.43. The second-order valence-corrected chi connectivity index (χ2v) is 6.78. The van der Waals surface area contributed by atoms with E-state index in [1.807, 2.05) is 0 Å². The molecule has 0 saturated carbocycles. The Bertz CT molecular complexity index is 832. The number of amides is 1. The van der Waals surface area contributed by atoms with Crippen molar-refractivity contribution in [2.24, 2.45) is 0 Å². The molecule has 7 nitrogen and oxygen atoms in total. The van der Waals surface area contributed by atoms with E-state index in [0.29, 0.717) is 13.1 Å². The van der Waals surface area contributed by atoms with Crippen molar-refractivity contribution in [2.75, 3.05) is 39.9 Å². The topological polar surface area (TPSA) is 72.0 Å². The number of methoxy groups -OCH3 is 1. The van der Waals surface area contributed by atoms with Crippen LogP contribution in [-0.2, 0) is 16.1 Å². The van der Waals surface area contributed by atoms with E-state index in [1.165, 1.54) is 24.4 Å². The van der Waals surface area contributed by atoms with Crippen LogP contribution in [0.1, 0.15) is 21.5 Å². The SMILES string of the molecule is COc1ncccc1C(=O)OCC(=O)N1CCN(Cc2cccc(C)c2)CC1. The molecule has 28 heavy (non-hydrogen) atoms. The van der Waals surface area contributed by atoms with Crippen molar-refractivity contribution in [2.45, 2.75) is 13.5 Å². The maximum absolute atomic E-state index is 12.4. The average molecular weight is 383 g/mol. The van der Waals surface area contributed by atoms with Crippen molar-refractivity contribution in [1.82, 2.24) is 14.8 Å². The maximum Gasteiger partial charge on any atom is 0.344 e. The van der Waals surface area contributed by atoms with Gasteiger partial charge in [0.05, 0.1) is 7.11 Å². The highest BCUT2D eigenvalue weighted by Crippen LogP contribution is 2.15. The summed E-state index contributed by atoms with van der Waals surface area (Å²) in [4.78, 5) is 32.6. The van der Waals surface area contributed by atoms with Crippen molar-refractivity contribution < 1.29 is 19.1 Å². The number of carbonyl (C=O) groups excluding carboxylic acids is 2. The molecule has 1 saturated heterocycles. The van der Waals surface area contributed by atoms with Crippen LogP contribution in [-0.4, -0.2) is 66.6 Å². The third-order valence-corrected chi connectivity index (χ3v) is 4.72. The zero-order chi connectivity index (χ0) is 19.9. The lowest BCUT2D eigenvalue weighted by Gasteiger charge is -2.34. The predicted octanol–water partition coefficient (Wildman–Crippen LogP) is 1.90. The number of aromatic nitrogens is 1. The van der Waals surface area contributed by atoms with Gasteiger partial charge in [-0.3, -0.25) is 9.69 Å². The fraction of sp³-hybridized carbons (Fsp3) is 0.381. The minimum absolute atomic E-state index is 0.185. The summed E-state index contributed by atoms with van der Waals surface area (Å²) in [6.45, 7) is 5.52. The van der Waals surface area contributed by atoms with Crippen LogP contribution in [0.5, 0.6) is 5.88 Å². The van der Waals surface area contributed by atoms with Crippen molar-refractivity contribution in [3.63, 3.8) is 0 Å². The number of hydrogen-bond acceptors (Lipinski definition) is 6. The summed E-state index contributed by atoms with van der Waals surface area (Å²) in [5, 5.41) is 0. The molecule has 0 bridgehead atoms. The molecule has 2 heterocycles. The number of benzene rings is 1. The second kappa shape index (κ2) is 9.32. The van der Waals surface area contributed by atoms with Crippen LogP contribution in [0, 0.1) is 6.92 Å². The molecule has 1 aliphatic heterocycles. The molecule has 0 radical (unpaired) electrons. The Hall–Kier alpha value is -2.93. The molecule has 3 rings (SSSR count). The van der Waals surface area contributed by atoms with E-state index in [-0.39, 0.29) is 24.0 Å². The van der Waals surface area contributed by atoms with E-state index < -0.39 is 5.97 Å². The largest absolute Gasteiger partial charge is 0.480 e. The Morgan fingerprint density at radius 1 is 1.11 bits per heavy atom. The van der Waals surface area contributed by atoms with Crippen molar-refractivity contribution >= 4 is 11.9 Å². The van der Waals surface area contributed by atoms with Gasteiger partial charge in [-0.15, -0.1) is 0 Å². The van der Waals surface area contributed by atoms with Gasteiger partial charge in [0.25, 0.3) is 5.91 Å². The van der Waals surface area contributed by atoms with Gasteiger partial charge in [0.15, 0.2) is 6.61 Å². The number of piperazine rings is 1. The number of nitrogens with zero attached hydrogens (tertiary/aromatic N) is 3. The maximum atomic E-state index is 12.4. The van der Waals surface area contributed by atoms with Crippen LogP contribution in [0.4, 0.5) is 0 Å². The minimum Gasteiger partial charge on any atom is -0.480 e. The molecule has 1 fully saturated rings. The molecule has 0 spiro atoms. The molecule has 0 unspecified atom stereocenters. The van der Waals surface area contributed by atoms with Crippen LogP contribution in [0.2, 0.25) is 0 Å². The third kappa shape index (κ3) is 5.07. The summed E-state index contributed by atoms with van der Waals surface area (Å²) < 4.78 is 10.2. The zero-order valence-corrected chi connectivity index (χ0v) is 16.3. The molecular weight excluding hydrogens is 358 g/mol. The van der Waals surface area contributed by atoms with Gasteiger partial charge >= 0.3 is 5.97 Å². The Morgan fingerprint density at radius 3 is 2.61 bits per heavy atom. The number of ether oxygens (including phenoxy) is 2. The van der Waals surface area contributed by atoms with Gasteiger partial charge < -0.3 is 14.4 Å². The first-order chi connectivity index (χ1) is 13.6. The lowest BCUT2D eigenvalue weighted by molar-refractivity contribution is -0.136. The molecule has 1 aliphatic rings. The van der Waals surface area contributed by atoms with Gasteiger partial charge in [-0.25, -0.2) is 9.78 Å². The van der Waals surface area contributed by atoms with Crippen molar-refractivity contribution in [1.29, 1.82) is 0 Å². The first kappa shape index (κ1) is 19.8. The second-order valence-electron chi connectivity index (χ2n) is 6.78. The van der Waals surface area contributed by atoms with Crippen LogP contribution in [0.15, 0.2) is 42.6 Å². The molecule has 0 atom stereocenters. The summed E-state index contributed by atoms with van der Waals surface area (Å²) in [6.07, 6.45) is 1.52. The Morgan fingerprint density at radius 2 is 1.89 bits per heavy atom. The highest BCUT2D eigenvalue weighted by atomic mass is 16.5. The Kier molecular flexibility index (Phi) is 6.60. The molecular formula is C21H25N3O4. The first-order valence-corrected chi connectivity index (χ1v) is 9.28. The fourth-order valence-electron chi connectivity index (χ4n) is 3.23. The van der Waals surface area contributed by atoms with E-state index in [2.05, 4.69) is 41.1 Å². The molecule has 7 heteroatoms. The molecule has 148 valence electrons. The van der Waals surface area contributed by atoms with Gasteiger partial charge in [0, 0.05) is 38.9 Å². The van der Waals surface area contributed by atoms with Crippen molar-refractivity contribution in [3.05, 3.63) is 59.3 Å². The van der Waals surface area contributed by atoms with Crippen LogP contribution < -0.4 is 4.74 Å². The van der Waals surface area contributed by atoms with E-state index in [0.717, 1.165) is 19.6 Å². The van der Waals surface area contributed by atoms with Gasteiger partial charge in [-0.2, -0.15) is 0 Å². The highest BCUT2D eigenvalue weighted by Gasteiger charge is 2.23. The van der Waals surface area contributed by atoms with E-state index in [4.69, 9.17) is 9.47 Å². The Labute approximate surface area is 164 Å². The van der Waals surface area contributed by atoms with Gasteiger partial charge in [-0.05, 0) is 24.6 Å². The van der Waals surface area contributed by atoms with E-state index in [9.17, 15) is 9.59 Å². The van der Waals surface area contributed by atoms with Crippen molar-refractivity contribution in [3.8, 4) is 5.88 Å². The van der Waals surface area contributed by atoms with Crippen LogP contribution in [0.3, 0.4) is 0 Å². The average Bonchev–Trinajstić information content (AvgIpc) is 2.72. The van der Waals surface area contributed by atoms with Gasteiger partial charge in [0.1, 0.15) is 5.56 Å². The first-order valence-electron chi connectivity index (χ1n) is 9.28. The quantitative estimate of drug-likeness (QED) is 0.710. The van der Waals surface area contributed by atoms with E-state index >= 15 is 0 Å². The molecule has 1 amide bonds. The van der Waals surface area contributed by atoms with E-state index in [1.54, 1.807) is 17.0 Å². The third-order valence-electron chi connectivity index (χ3n) is 4.72. The summed E-state index contributed by atoms with van der Waals surface area (Å²) >= 11 is 0. The lowest BCUT2D eigenvalue weighted by Crippen LogP contribution is -2.49.